The molecule has 0 bridgehead atoms. The minimum absolute atomic E-state index is 0.824. The molecule has 0 aliphatic heterocycles. The zero-order valence-electron chi connectivity index (χ0n) is 15.1. The van der Waals surface area contributed by atoms with E-state index in [1.807, 2.05) is 0 Å². The first-order valence-corrected chi connectivity index (χ1v) is 9.96. The molecule has 0 heteroatoms. The van der Waals surface area contributed by atoms with Crippen molar-refractivity contribution in [2.75, 3.05) is 0 Å². The van der Waals surface area contributed by atoms with Crippen LogP contribution in [-0.2, 0) is 6.42 Å². The van der Waals surface area contributed by atoms with E-state index in [4.69, 9.17) is 0 Å². The Morgan fingerprint density at radius 1 is 0.826 bits per heavy atom. The molecule has 0 heterocycles. The van der Waals surface area contributed by atoms with Gasteiger partial charge in [0, 0.05) is 0 Å². The van der Waals surface area contributed by atoms with E-state index in [1.54, 1.807) is 5.56 Å². The molecule has 2 aliphatic carbocycles. The van der Waals surface area contributed by atoms with Gasteiger partial charge in [0.1, 0.15) is 0 Å². The maximum absolute atomic E-state index is 2.44. The summed E-state index contributed by atoms with van der Waals surface area (Å²) in [7, 11) is 0. The number of hydrogen-bond donors (Lipinski definition) is 0. The molecule has 2 aliphatic rings. The number of rotatable bonds is 4. The molecule has 0 spiro atoms. The largest absolute Gasteiger partial charge is 0.0913 e. The minimum Gasteiger partial charge on any atom is -0.0913 e. The SMILES string of the molecule is CC=CCc1ccc(C2CCC(C3CCC(C)CC3)CC2)cc1. The topological polar surface area (TPSA) is 0 Å². The lowest BCUT2D eigenvalue weighted by Gasteiger charge is -2.37. The minimum atomic E-state index is 0.824. The maximum Gasteiger partial charge on any atom is -0.00976 e. The molecule has 1 aromatic carbocycles. The van der Waals surface area contributed by atoms with Crippen molar-refractivity contribution in [1.82, 2.24) is 0 Å². The second-order valence-corrected chi connectivity index (χ2v) is 8.15. The second-order valence-electron chi connectivity index (χ2n) is 8.15. The van der Waals surface area contributed by atoms with E-state index in [0.29, 0.717) is 0 Å². The highest BCUT2D eigenvalue weighted by Gasteiger charge is 2.30. The molecule has 0 saturated heterocycles. The Balaban J connectivity index is 1.50. The first-order valence-electron chi connectivity index (χ1n) is 9.96. The Bertz CT molecular complexity index is 479. The predicted octanol–water partition coefficient (Wildman–Crippen LogP) is 6.91. The summed E-state index contributed by atoms with van der Waals surface area (Å²) >= 11 is 0. The standard InChI is InChI=1S/C23H34/c1-3-4-5-19-8-12-21(13-9-19)23-16-14-22(15-17-23)20-10-6-18(2)7-11-20/h3-4,8-9,12-13,18,20,22-23H,5-7,10-11,14-17H2,1-2H3. The zero-order valence-corrected chi connectivity index (χ0v) is 15.1. The highest BCUT2D eigenvalue weighted by atomic mass is 14.4. The summed E-state index contributed by atoms with van der Waals surface area (Å²) in [4.78, 5) is 0. The summed E-state index contributed by atoms with van der Waals surface area (Å²) in [6.07, 6.45) is 17.2. The smallest absolute Gasteiger partial charge is 0.00976 e. The molecular formula is C23H34. The van der Waals surface area contributed by atoms with Crippen LogP contribution in [0.1, 0.15) is 82.3 Å². The molecule has 0 unspecified atom stereocenters. The third-order valence-corrected chi connectivity index (χ3v) is 6.54. The molecular weight excluding hydrogens is 276 g/mol. The molecule has 126 valence electrons. The summed E-state index contributed by atoms with van der Waals surface area (Å²) in [6, 6.07) is 9.46. The second kappa shape index (κ2) is 8.18. The van der Waals surface area contributed by atoms with Crippen molar-refractivity contribution in [3.05, 3.63) is 47.5 Å². The van der Waals surface area contributed by atoms with Crippen molar-refractivity contribution in [2.45, 2.75) is 77.6 Å². The van der Waals surface area contributed by atoms with Crippen LogP contribution in [-0.4, -0.2) is 0 Å². The summed E-state index contributed by atoms with van der Waals surface area (Å²) in [5.74, 6) is 3.90. The van der Waals surface area contributed by atoms with Crippen LogP contribution in [0.2, 0.25) is 0 Å². The fourth-order valence-corrected chi connectivity index (χ4v) is 4.86. The normalized spacial score (nSPS) is 32.3. The van der Waals surface area contributed by atoms with Gasteiger partial charge in [0.2, 0.25) is 0 Å². The van der Waals surface area contributed by atoms with E-state index in [0.717, 1.165) is 30.1 Å². The zero-order chi connectivity index (χ0) is 16.1. The Labute approximate surface area is 143 Å². The maximum atomic E-state index is 2.44. The summed E-state index contributed by atoms with van der Waals surface area (Å²) in [5, 5.41) is 0. The van der Waals surface area contributed by atoms with Crippen LogP contribution < -0.4 is 0 Å². The molecule has 2 saturated carbocycles. The van der Waals surface area contributed by atoms with Crippen LogP contribution in [0.15, 0.2) is 36.4 Å². The average molecular weight is 311 g/mol. The van der Waals surface area contributed by atoms with Gasteiger partial charge >= 0.3 is 0 Å². The summed E-state index contributed by atoms with van der Waals surface area (Å²) < 4.78 is 0. The van der Waals surface area contributed by atoms with Crippen LogP contribution >= 0.6 is 0 Å². The molecule has 0 aromatic heterocycles. The number of allylic oxidation sites excluding steroid dienone is 2. The predicted molar refractivity (Wildman–Crippen MR) is 101 cm³/mol. The van der Waals surface area contributed by atoms with E-state index in [-0.39, 0.29) is 0 Å². The lowest BCUT2D eigenvalue weighted by molar-refractivity contribution is 0.165. The first kappa shape index (κ1) is 16.8. The van der Waals surface area contributed by atoms with Gasteiger partial charge in [-0.05, 0) is 86.7 Å². The van der Waals surface area contributed by atoms with Crippen LogP contribution in [0.5, 0.6) is 0 Å². The first-order chi connectivity index (χ1) is 11.3. The Kier molecular flexibility index (Phi) is 5.97. The van der Waals surface area contributed by atoms with Crippen molar-refractivity contribution in [3.63, 3.8) is 0 Å². The number of benzene rings is 1. The quantitative estimate of drug-likeness (QED) is 0.530. The van der Waals surface area contributed by atoms with E-state index in [1.165, 1.54) is 56.9 Å². The van der Waals surface area contributed by atoms with Crippen molar-refractivity contribution < 1.29 is 0 Å². The molecule has 0 nitrogen and oxygen atoms in total. The third kappa shape index (κ3) is 4.49. The molecule has 0 atom stereocenters. The lowest BCUT2D eigenvalue weighted by Crippen LogP contribution is -2.24. The van der Waals surface area contributed by atoms with Gasteiger partial charge in [-0.25, -0.2) is 0 Å². The highest BCUT2D eigenvalue weighted by molar-refractivity contribution is 5.27. The monoisotopic (exact) mass is 310 g/mol. The van der Waals surface area contributed by atoms with E-state index in [2.05, 4.69) is 50.3 Å². The van der Waals surface area contributed by atoms with E-state index < -0.39 is 0 Å². The molecule has 0 amide bonds. The highest BCUT2D eigenvalue weighted by Crippen LogP contribution is 2.43. The van der Waals surface area contributed by atoms with Gasteiger partial charge in [0.25, 0.3) is 0 Å². The van der Waals surface area contributed by atoms with Gasteiger partial charge in [0.15, 0.2) is 0 Å². The third-order valence-electron chi connectivity index (χ3n) is 6.54. The fraction of sp³-hybridized carbons (Fsp3) is 0.652. The van der Waals surface area contributed by atoms with Crippen LogP contribution in [0, 0.1) is 17.8 Å². The van der Waals surface area contributed by atoms with Gasteiger partial charge in [-0.15, -0.1) is 0 Å². The van der Waals surface area contributed by atoms with Gasteiger partial charge in [-0.1, -0.05) is 56.2 Å². The van der Waals surface area contributed by atoms with Gasteiger partial charge in [-0.3, -0.25) is 0 Å². The van der Waals surface area contributed by atoms with E-state index >= 15 is 0 Å². The van der Waals surface area contributed by atoms with Crippen LogP contribution in [0.25, 0.3) is 0 Å². The van der Waals surface area contributed by atoms with Gasteiger partial charge in [-0.2, -0.15) is 0 Å². The van der Waals surface area contributed by atoms with Gasteiger partial charge < -0.3 is 0 Å². The molecule has 0 N–H and O–H groups in total. The molecule has 23 heavy (non-hydrogen) atoms. The number of hydrogen-bond acceptors (Lipinski definition) is 0. The van der Waals surface area contributed by atoms with Gasteiger partial charge in [0.05, 0.1) is 0 Å². The summed E-state index contributed by atoms with van der Waals surface area (Å²) in [5.41, 5.74) is 3.03. The Morgan fingerprint density at radius 2 is 1.39 bits per heavy atom. The van der Waals surface area contributed by atoms with Crippen molar-refractivity contribution in [3.8, 4) is 0 Å². The molecule has 0 radical (unpaired) electrons. The van der Waals surface area contributed by atoms with E-state index in [9.17, 15) is 0 Å². The average Bonchev–Trinajstić information content (AvgIpc) is 2.61. The van der Waals surface area contributed by atoms with Crippen molar-refractivity contribution >= 4 is 0 Å². The lowest BCUT2D eigenvalue weighted by atomic mass is 9.68. The molecule has 3 rings (SSSR count). The Morgan fingerprint density at radius 3 is 1.96 bits per heavy atom. The Hall–Kier alpha value is -1.04. The summed E-state index contributed by atoms with van der Waals surface area (Å²) in [6.45, 7) is 4.53. The molecule has 2 fully saturated rings. The van der Waals surface area contributed by atoms with Crippen LogP contribution in [0.4, 0.5) is 0 Å². The van der Waals surface area contributed by atoms with Crippen LogP contribution in [0.3, 0.4) is 0 Å². The fourth-order valence-electron chi connectivity index (χ4n) is 4.86. The van der Waals surface area contributed by atoms with Crippen molar-refractivity contribution in [1.29, 1.82) is 0 Å². The molecule has 1 aromatic rings. The van der Waals surface area contributed by atoms with Crippen molar-refractivity contribution in [2.24, 2.45) is 17.8 Å².